The molecule has 2 aromatic carbocycles. The molecule has 8 nitrogen and oxygen atoms in total. The Balaban J connectivity index is 1.32. The predicted octanol–water partition coefficient (Wildman–Crippen LogP) is 4.49. The summed E-state index contributed by atoms with van der Waals surface area (Å²) in [4.78, 5) is 16.6. The van der Waals surface area contributed by atoms with Crippen molar-refractivity contribution in [3.63, 3.8) is 0 Å². The molecule has 0 spiro atoms. The number of hydrogen-bond acceptors (Lipinski definition) is 6. The molecule has 0 radical (unpaired) electrons. The Morgan fingerprint density at radius 2 is 1.94 bits per heavy atom. The van der Waals surface area contributed by atoms with Gasteiger partial charge in [0.15, 0.2) is 5.82 Å². The lowest BCUT2D eigenvalue weighted by molar-refractivity contribution is -0.115. The zero-order chi connectivity index (χ0) is 21.8. The molecule has 0 atom stereocenters. The average molecular weight is 438 g/mol. The van der Waals surface area contributed by atoms with Gasteiger partial charge in [0.2, 0.25) is 11.9 Å². The average Bonchev–Trinajstić information content (AvgIpc) is 3.34. The fourth-order valence-electron chi connectivity index (χ4n) is 3.01. The topological polar surface area (TPSA) is 106 Å². The van der Waals surface area contributed by atoms with Crippen LogP contribution in [0.4, 0.5) is 5.95 Å². The number of aromatic amines is 1. The van der Waals surface area contributed by atoms with Crippen molar-refractivity contribution in [2.24, 2.45) is 0 Å². The summed E-state index contributed by atoms with van der Waals surface area (Å²) in [6.07, 6.45) is 0.181. The van der Waals surface area contributed by atoms with E-state index in [4.69, 9.17) is 20.9 Å². The van der Waals surface area contributed by atoms with Crippen LogP contribution in [0.25, 0.3) is 11.4 Å². The maximum absolute atomic E-state index is 12.4. The van der Waals surface area contributed by atoms with Crippen LogP contribution in [0.15, 0.2) is 53.1 Å². The maximum Gasteiger partial charge on any atom is 0.249 e. The van der Waals surface area contributed by atoms with Gasteiger partial charge in [0, 0.05) is 5.56 Å². The quantitative estimate of drug-likeness (QED) is 0.441. The normalized spacial score (nSPS) is 10.8. The van der Waals surface area contributed by atoms with Gasteiger partial charge in [-0.2, -0.15) is 4.98 Å². The van der Waals surface area contributed by atoms with Gasteiger partial charge in [-0.25, -0.2) is 0 Å². The first-order valence-electron chi connectivity index (χ1n) is 9.60. The number of hydrogen-bond donors (Lipinski definition) is 2. The summed E-state index contributed by atoms with van der Waals surface area (Å²) in [5.74, 6) is 1.90. The smallest absolute Gasteiger partial charge is 0.249 e. The molecule has 4 aromatic rings. The summed E-state index contributed by atoms with van der Waals surface area (Å²) >= 11 is 6.17. The summed E-state index contributed by atoms with van der Waals surface area (Å²) in [7, 11) is 0. The molecule has 0 bridgehead atoms. The number of aryl methyl sites for hydroxylation is 2. The lowest BCUT2D eigenvalue weighted by Crippen LogP contribution is -2.15. The second-order valence-corrected chi connectivity index (χ2v) is 7.35. The van der Waals surface area contributed by atoms with Crippen molar-refractivity contribution in [1.82, 2.24) is 20.3 Å². The molecule has 2 heterocycles. The summed E-state index contributed by atoms with van der Waals surface area (Å²) < 4.78 is 10.9. The van der Waals surface area contributed by atoms with E-state index in [1.54, 1.807) is 6.07 Å². The van der Waals surface area contributed by atoms with Crippen molar-refractivity contribution < 1.29 is 14.1 Å². The number of nitrogens with one attached hydrogen (secondary N) is 2. The molecular weight excluding hydrogens is 418 g/mol. The number of carbonyl (C=O) groups excluding carboxylic acids is 1. The number of anilines is 1. The number of benzene rings is 2. The number of H-pyrrole nitrogens is 1. The standard InChI is InChI=1S/C22H20ClN5O3/c1-13-18(14(2)31-28-13)12-30-16-9-7-15(8-10-16)11-20(29)24-22-25-21(26-27-22)17-5-3-4-6-19(17)23/h3-10H,11-12H2,1-2H3,(H2,24,25,26,27,29). The second kappa shape index (κ2) is 9.01. The van der Waals surface area contributed by atoms with E-state index in [0.717, 1.165) is 22.6 Å². The van der Waals surface area contributed by atoms with Gasteiger partial charge in [-0.15, -0.1) is 5.10 Å². The van der Waals surface area contributed by atoms with E-state index >= 15 is 0 Å². The van der Waals surface area contributed by atoms with Crippen LogP contribution in [0.1, 0.15) is 22.6 Å². The lowest BCUT2D eigenvalue weighted by Gasteiger charge is -2.07. The van der Waals surface area contributed by atoms with Gasteiger partial charge in [-0.3, -0.25) is 15.2 Å². The highest BCUT2D eigenvalue weighted by molar-refractivity contribution is 6.33. The number of aromatic nitrogens is 4. The number of nitrogens with zero attached hydrogens (tertiary/aromatic N) is 3. The molecule has 0 fully saturated rings. The third-order valence-electron chi connectivity index (χ3n) is 4.72. The summed E-state index contributed by atoms with van der Waals surface area (Å²) in [6.45, 7) is 4.11. The minimum atomic E-state index is -0.228. The highest BCUT2D eigenvalue weighted by atomic mass is 35.5. The van der Waals surface area contributed by atoms with Gasteiger partial charge in [0.25, 0.3) is 0 Å². The molecule has 0 aliphatic carbocycles. The van der Waals surface area contributed by atoms with E-state index in [0.29, 0.717) is 28.8 Å². The Morgan fingerprint density at radius 3 is 2.65 bits per heavy atom. The van der Waals surface area contributed by atoms with Crippen molar-refractivity contribution in [2.45, 2.75) is 26.9 Å². The fraction of sp³-hybridized carbons (Fsp3) is 0.182. The summed E-state index contributed by atoms with van der Waals surface area (Å²) in [6, 6.07) is 14.6. The second-order valence-electron chi connectivity index (χ2n) is 6.95. The molecule has 9 heteroatoms. The van der Waals surface area contributed by atoms with Crippen LogP contribution in [0.5, 0.6) is 5.75 Å². The van der Waals surface area contributed by atoms with E-state index in [1.807, 2.05) is 56.3 Å². The highest BCUT2D eigenvalue weighted by Gasteiger charge is 2.12. The van der Waals surface area contributed by atoms with Crippen LogP contribution < -0.4 is 10.1 Å². The van der Waals surface area contributed by atoms with Crippen LogP contribution >= 0.6 is 11.6 Å². The summed E-state index contributed by atoms with van der Waals surface area (Å²) in [5.41, 5.74) is 3.30. The van der Waals surface area contributed by atoms with Gasteiger partial charge in [0.1, 0.15) is 18.1 Å². The Hall–Kier alpha value is -3.65. The molecule has 0 saturated carbocycles. The van der Waals surface area contributed by atoms with Crippen molar-refractivity contribution in [3.8, 4) is 17.1 Å². The predicted molar refractivity (Wildman–Crippen MR) is 116 cm³/mol. The SMILES string of the molecule is Cc1noc(C)c1COc1ccc(CC(=O)Nc2n[nH]c(-c3ccccc3Cl)n2)cc1. The molecular formula is C22H20ClN5O3. The van der Waals surface area contributed by atoms with Crippen LogP contribution in [0.2, 0.25) is 5.02 Å². The van der Waals surface area contributed by atoms with E-state index < -0.39 is 0 Å². The zero-order valence-corrected chi connectivity index (χ0v) is 17.7. The van der Waals surface area contributed by atoms with Crippen LogP contribution in [-0.2, 0) is 17.8 Å². The van der Waals surface area contributed by atoms with E-state index in [1.165, 1.54) is 0 Å². The molecule has 1 amide bonds. The number of ether oxygens (including phenoxy) is 1. The molecule has 0 aliphatic rings. The summed E-state index contributed by atoms with van der Waals surface area (Å²) in [5, 5.41) is 14.0. The van der Waals surface area contributed by atoms with E-state index in [9.17, 15) is 4.79 Å². The fourth-order valence-corrected chi connectivity index (χ4v) is 3.24. The zero-order valence-electron chi connectivity index (χ0n) is 17.0. The Kier molecular flexibility index (Phi) is 5.99. The van der Waals surface area contributed by atoms with Gasteiger partial charge >= 0.3 is 0 Å². The molecule has 31 heavy (non-hydrogen) atoms. The third kappa shape index (κ3) is 4.92. The number of amides is 1. The molecule has 0 saturated heterocycles. The van der Waals surface area contributed by atoms with Crippen LogP contribution in [0.3, 0.4) is 0 Å². The first-order valence-corrected chi connectivity index (χ1v) is 9.98. The van der Waals surface area contributed by atoms with Crippen molar-refractivity contribution in [1.29, 1.82) is 0 Å². The molecule has 2 N–H and O–H groups in total. The van der Waals surface area contributed by atoms with E-state index in [-0.39, 0.29) is 18.3 Å². The van der Waals surface area contributed by atoms with Crippen LogP contribution in [0, 0.1) is 13.8 Å². The molecule has 4 rings (SSSR count). The first kappa shape index (κ1) is 20.6. The molecule has 0 aliphatic heterocycles. The number of carbonyl (C=O) groups is 1. The van der Waals surface area contributed by atoms with Gasteiger partial charge in [-0.1, -0.05) is 41.0 Å². The lowest BCUT2D eigenvalue weighted by atomic mass is 10.1. The largest absolute Gasteiger partial charge is 0.489 e. The van der Waals surface area contributed by atoms with E-state index in [2.05, 4.69) is 25.7 Å². The monoisotopic (exact) mass is 437 g/mol. The molecule has 158 valence electrons. The minimum Gasteiger partial charge on any atom is -0.489 e. The minimum absolute atomic E-state index is 0.181. The highest BCUT2D eigenvalue weighted by Crippen LogP contribution is 2.25. The first-order chi connectivity index (χ1) is 15.0. The van der Waals surface area contributed by atoms with Gasteiger partial charge < -0.3 is 9.26 Å². The van der Waals surface area contributed by atoms with Crippen molar-refractivity contribution in [2.75, 3.05) is 5.32 Å². The van der Waals surface area contributed by atoms with Crippen molar-refractivity contribution >= 4 is 23.5 Å². The van der Waals surface area contributed by atoms with Crippen LogP contribution in [-0.4, -0.2) is 26.2 Å². The number of halogens is 1. The van der Waals surface area contributed by atoms with Gasteiger partial charge in [0.05, 0.1) is 22.7 Å². The molecule has 2 aromatic heterocycles. The Morgan fingerprint density at radius 1 is 1.16 bits per heavy atom. The molecule has 0 unspecified atom stereocenters. The Labute approximate surface area is 183 Å². The number of rotatable bonds is 7. The van der Waals surface area contributed by atoms with Gasteiger partial charge in [-0.05, 0) is 43.7 Å². The Bertz CT molecular complexity index is 1180. The maximum atomic E-state index is 12.4. The third-order valence-corrected chi connectivity index (χ3v) is 5.05. The van der Waals surface area contributed by atoms with Crippen molar-refractivity contribution in [3.05, 3.63) is 76.1 Å².